The fourth-order valence-corrected chi connectivity index (χ4v) is 4.23. The average molecular weight is 340 g/mol. The van der Waals surface area contributed by atoms with Crippen molar-refractivity contribution in [1.82, 2.24) is 14.9 Å². The fourth-order valence-electron chi connectivity index (χ4n) is 3.26. The first-order valence-corrected chi connectivity index (χ1v) is 8.46. The Balaban J connectivity index is 1.97. The Hall–Kier alpha value is -2.67. The number of benzene rings is 1. The predicted molar refractivity (Wildman–Crippen MR) is 94.0 cm³/mol. The van der Waals surface area contributed by atoms with Crippen molar-refractivity contribution in [3.8, 4) is 0 Å². The van der Waals surface area contributed by atoms with Gasteiger partial charge in [-0.15, -0.1) is 11.3 Å². The summed E-state index contributed by atoms with van der Waals surface area (Å²) in [6, 6.07) is 9.61. The Morgan fingerprint density at radius 2 is 2.12 bits per heavy atom. The smallest absolute Gasteiger partial charge is 0.254 e. The number of aryl methyl sites for hydroxylation is 1. The molecule has 0 saturated heterocycles. The predicted octanol–water partition coefficient (Wildman–Crippen LogP) is 1.73. The summed E-state index contributed by atoms with van der Waals surface area (Å²) in [5.41, 5.74) is 7.99. The van der Waals surface area contributed by atoms with E-state index >= 15 is 0 Å². The van der Waals surface area contributed by atoms with Gasteiger partial charge in [0.05, 0.1) is 17.8 Å². The standard InChI is InChI=1S/C17H16N4O2S/c1-21-13-5-3-2-4-9(13)6-11(16(21)23)10-7-14(22)19-8-12-15(10)24-17(18)20-12/h2-6,10H,7-8H2,1H3,(H2,18,20)(H,19,22)/t10-/m1/s1. The van der Waals surface area contributed by atoms with Crippen LogP contribution >= 0.6 is 11.3 Å². The monoisotopic (exact) mass is 340 g/mol. The number of pyridine rings is 1. The molecule has 6 nitrogen and oxygen atoms in total. The molecule has 1 aliphatic heterocycles. The third-order valence-electron chi connectivity index (χ3n) is 4.44. The highest BCUT2D eigenvalue weighted by molar-refractivity contribution is 7.15. The molecule has 0 radical (unpaired) electrons. The molecule has 3 N–H and O–H groups in total. The minimum Gasteiger partial charge on any atom is -0.375 e. The lowest BCUT2D eigenvalue weighted by molar-refractivity contribution is -0.121. The minimum absolute atomic E-state index is 0.0843. The number of carbonyl (C=O) groups is 1. The van der Waals surface area contributed by atoms with E-state index in [1.807, 2.05) is 30.3 Å². The van der Waals surface area contributed by atoms with Gasteiger partial charge in [0.1, 0.15) is 0 Å². The van der Waals surface area contributed by atoms with Crippen molar-refractivity contribution in [2.24, 2.45) is 7.05 Å². The number of nitrogens with two attached hydrogens (primary N) is 1. The van der Waals surface area contributed by atoms with E-state index in [1.165, 1.54) is 11.3 Å². The summed E-state index contributed by atoms with van der Waals surface area (Å²) in [5.74, 6) is -0.403. The summed E-state index contributed by atoms with van der Waals surface area (Å²) in [6.45, 7) is 0.353. The van der Waals surface area contributed by atoms with Crippen molar-refractivity contribution in [3.63, 3.8) is 0 Å². The van der Waals surface area contributed by atoms with Crippen LogP contribution in [0.25, 0.3) is 10.9 Å². The fraction of sp³-hybridized carbons (Fsp3) is 0.235. The van der Waals surface area contributed by atoms with E-state index < -0.39 is 0 Å². The van der Waals surface area contributed by atoms with E-state index in [-0.39, 0.29) is 23.8 Å². The van der Waals surface area contributed by atoms with Gasteiger partial charge in [-0.3, -0.25) is 9.59 Å². The van der Waals surface area contributed by atoms with Crippen molar-refractivity contribution in [1.29, 1.82) is 0 Å². The van der Waals surface area contributed by atoms with Gasteiger partial charge in [-0.2, -0.15) is 0 Å². The van der Waals surface area contributed by atoms with Crippen molar-refractivity contribution in [3.05, 3.63) is 56.8 Å². The van der Waals surface area contributed by atoms with Gasteiger partial charge in [-0.1, -0.05) is 18.2 Å². The Bertz CT molecular complexity index is 1020. The normalized spacial score (nSPS) is 17.4. The zero-order valence-corrected chi connectivity index (χ0v) is 13.9. The number of para-hydroxylation sites is 1. The van der Waals surface area contributed by atoms with Gasteiger partial charge in [-0.05, 0) is 17.5 Å². The third kappa shape index (κ3) is 2.28. The van der Waals surface area contributed by atoms with E-state index in [2.05, 4.69) is 10.3 Å². The molecule has 4 rings (SSSR count). The largest absolute Gasteiger partial charge is 0.375 e. The van der Waals surface area contributed by atoms with E-state index in [9.17, 15) is 9.59 Å². The van der Waals surface area contributed by atoms with Crippen LogP contribution in [0.5, 0.6) is 0 Å². The molecule has 24 heavy (non-hydrogen) atoms. The molecular weight excluding hydrogens is 324 g/mol. The van der Waals surface area contributed by atoms with Crippen LogP contribution in [0.1, 0.15) is 28.5 Å². The van der Waals surface area contributed by atoms with Gasteiger partial charge in [0.2, 0.25) is 5.91 Å². The maximum atomic E-state index is 12.9. The quantitative estimate of drug-likeness (QED) is 0.706. The Kier molecular flexibility index (Phi) is 3.38. The summed E-state index contributed by atoms with van der Waals surface area (Å²) in [7, 11) is 1.76. The zero-order valence-electron chi connectivity index (χ0n) is 13.1. The van der Waals surface area contributed by atoms with E-state index in [1.54, 1.807) is 11.6 Å². The van der Waals surface area contributed by atoms with Crippen LogP contribution < -0.4 is 16.6 Å². The first kappa shape index (κ1) is 14.9. The van der Waals surface area contributed by atoms with Gasteiger partial charge >= 0.3 is 0 Å². The van der Waals surface area contributed by atoms with Crippen LogP contribution in [-0.4, -0.2) is 15.5 Å². The van der Waals surface area contributed by atoms with Crippen molar-refractivity contribution in [2.75, 3.05) is 5.73 Å². The van der Waals surface area contributed by atoms with Crippen LogP contribution in [0.4, 0.5) is 5.13 Å². The number of anilines is 1. The van der Waals surface area contributed by atoms with Crippen LogP contribution in [0.3, 0.4) is 0 Å². The summed E-state index contributed by atoms with van der Waals surface area (Å²) >= 11 is 1.35. The van der Waals surface area contributed by atoms with Crippen LogP contribution in [-0.2, 0) is 18.4 Å². The molecule has 3 heterocycles. The number of nitrogens with zero attached hydrogens (tertiary/aromatic N) is 2. The second-order valence-electron chi connectivity index (χ2n) is 5.92. The molecule has 1 aromatic carbocycles. The van der Waals surface area contributed by atoms with Crippen molar-refractivity contribution >= 4 is 33.3 Å². The average Bonchev–Trinajstić information content (AvgIpc) is 2.88. The molecule has 122 valence electrons. The summed E-state index contributed by atoms with van der Waals surface area (Å²) in [4.78, 5) is 30.2. The molecule has 1 atom stereocenters. The molecule has 0 aliphatic carbocycles. The number of thiazole rings is 1. The zero-order chi connectivity index (χ0) is 16.8. The lowest BCUT2D eigenvalue weighted by atomic mass is 9.93. The highest BCUT2D eigenvalue weighted by Gasteiger charge is 2.30. The molecular formula is C17H16N4O2S. The molecule has 1 aliphatic rings. The maximum Gasteiger partial charge on any atom is 0.254 e. The van der Waals surface area contributed by atoms with E-state index in [0.29, 0.717) is 17.2 Å². The first-order valence-electron chi connectivity index (χ1n) is 7.65. The molecule has 0 saturated carbocycles. The summed E-state index contributed by atoms with van der Waals surface area (Å²) in [5, 5.41) is 4.25. The second kappa shape index (κ2) is 5.45. The number of nitrogens with one attached hydrogen (secondary N) is 1. The number of aromatic nitrogens is 2. The summed E-state index contributed by atoms with van der Waals surface area (Å²) < 4.78 is 1.64. The maximum absolute atomic E-state index is 12.9. The minimum atomic E-state index is -0.319. The molecule has 3 aromatic rings. The van der Waals surface area contributed by atoms with Crippen molar-refractivity contribution < 1.29 is 4.79 Å². The molecule has 2 aromatic heterocycles. The molecule has 7 heteroatoms. The van der Waals surface area contributed by atoms with Crippen molar-refractivity contribution in [2.45, 2.75) is 18.9 Å². The number of carbonyl (C=O) groups excluding carboxylic acids is 1. The lowest BCUT2D eigenvalue weighted by Crippen LogP contribution is -2.26. The van der Waals surface area contributed by atoms with Crippen LogP contribution in [0, 0.1) is 0 Å². The van der Waals surface area contributed by atoms with Gasteiger partial charge in [0.25, 0.3) is 5.56 Å². The van der Waals surface area contributed by atoms with Gasteiger partial charge < -0.3 is 15.6 Å². The summed E-state index contributed by atoms with van der Waals surface area (Å²) in [6.07, 6.45) is 0.224. The van der Waals surface area contributed by atoms with E-state index in [4.69, 9.17) is 5.73 Å². The lowest BCUT2D eigenvalue weighted by Gasteiger charge is -2.15. The topological polar surface area (TPSA) is 90.0 Å². The number of rotatable bonds is 1. The second-order valence-corrected chi connectivity index (χ2v) is 6.98. The van der Waals surface area contributed by atoms with Crippen LogP contribution in [0.15, 0.2) is 35.1 Å². The highest BCUT2D eigenvalue weighted by atomic mass is 32.1. The first-order chi connectivity index (χ1) is 11.5. The van der Waals surface area contributed by atoms with Gasteiger partial charge in [0, 0.05) is 29.8 Å². The number of fused-ring (bicyclic) bond motifs is 2. The third-order valence-corrected chi connectivity index (χ3v) is 5.48. The molecule has 0 bridgehead atoms. The molecule has 0 unspecified atom stereocenters. The van der Waals surface area contributed by atoms with Gasteiger partial charge in [0.15, 0.2) is 5.13 Å². The van der Waals surface area contributed by atoms with E-state index in [0.717, 1.165) is 21.5 Å². The van der Waals surface area contributed by atoms with Gasteiger partial charge in [-0.25, -0.2) is 4.98 Å². The highest BCUT2D eigenvalue weighted by Crippen LogP contribution is 2.36. The van der Waals surface area contributed by atoms with Crippen LogP contribution in [0.2, 0.25) is 0 Å². The number of amides is 1. The molecule has 0 fully saturated rings. The number of hydrogen-bond donors (Lipinski definition) is 2. The Morgan fingerprint density at radius 3 is 2.96 bits per heavy atom. The number of hydrogen-bond acceptors (Lipinski definition) is 5. The molecule has 0 spiro atoms. The Morgan fingerprint density at radius 1 is 1.33 bits per heavy atom. The SMILES string of the molecule is Cn1c(=O)c([C@H]2CC(=O)NCc3nc(N)sc32)cc2ccccc21. The Labute approximate surface area is 141 Å². The molecule has 1 amide bonds. The number of nitrogen functional groups attached to an aromatic ring is 1.